The van der Waals surface area contributed by atoms with Gasteiger partial charge in [-0.05, 0) is 52.4 Å². The molecule has 1 N–H and O–H groups in total. The second-order valence-corrected chi connectivity index (χ2v) is 4.92. The van der Waals surface area contributed by atoms with Gasteiger partial charge in [-0.3, -0.25) is 4.79 Å². The molecular weight excluding hydrogens is 325 g/mol. The van der Waals surface area contributed by atoms with Crippen molar-refractivity contribution in [2.75, 3.05) is 0 Å². The Balaban J connectivity index is 1.97. The van der Waals surface area contributed by atoms with Crippen LogP contribution in [0.5, 0.6) is 0 Å². The van der Waals surface area contributed by atoms with Gasteiger partial charge >= 0.3 is 0 Å². The Bertz CT molecular complexity index is 511. The first-order valence-corrected chi connectivity index (χ1v) is 6.41. The predicted molar refractivity (Wildman–Crippen MR) is 76.8 cm³/mol. The zero-order valence-electron chi connectivity index (χ0n) is 9.19. The van der Waals surface area contributed by atoms with Crippen LogP contribution in [0.15, 0.2) is 54.6 Å². The van der Waals surface area contributed by atoms with Crippen molar-refractivity contribution in [1.29, 1.82) is 0 Å². The third kappa shape index (κ3) is 3.56. The molecule has 0 aromatic heterocycles. The van der Waals surface area contributed by atoms with Crippen molar-refractivity contribution in [3.8, 4) is 0 Å². The Morgan fingerprint density at radius 2 is 1.82 bits per heavy atom. The molecule has 0 spiro atoms. The molecule has 0 aliphatic heterocycles. The van der Waals surface area contributed by atoms with Crippen molar-refractivity contribution >= 4 is 28.5 Å². The Hall–Kier alpha value is -1.36. The van der Waals surface area contributed by atoms with Crippen molar-refractivity contribution in [3.63, 3.8) is 0 Å². The maximum absolute atomic E-state index is 11.8. The lowest BCUT2D eigenvalue weighted by molar-refractivity contribution is 0.0951. The Morgan fingerprint density at radius 3 is 2.53 bits per heavy atom. The number of rotatable bonds is 3. The normalized spacial score (nSPS) is 9.94. The summed E-state index contributed by atoms with van der Waals surface area (Å²) in [4.78, 5) is 11.8. The van der Waals surface area contributed by atoms with Crippen molar-refractivity contribution in [3.05, 3.63) is 69.3 Å². The summed E-state index contributed by atoms with van der Waals surface area (Å²) in [5.74, 6) is -0.0375. The van der Waals surface area contributed by atoms with E-state index in [-0.39, 0.29) is 5.91 Å². The largest absolute Gasteiger partial charge is 0.348 e. The predicted octanol–water partition coefficient (Wildman–Crippen LogP) is 3.22. The number of halogens is 1. The third-order valence-electron chi connectivity index (χ3n) is 2.38. The molecule has 1 amide bonds. The molecule has 3 heteroatoms. The van der Waals surface area contributed by atoms with Gasteiger partial charge in [0.15, 0.2) is 0 Å². The highest BCUT2D eigenvalue weighted by Gasteiger charge is 2.03. The van der Waals surface area contributed by atoms with E-state index in [0.29, 0.717) is 12.1 Å². The van der Waals surface area contributed by atoms with Crippen molar-refractivity contribution in [2.45, 2.75) is 6.54 Å². The molecule has 0 fully saturated rings. The zero-order valence-corrected chi connectivity index (χ0v) is 11.3. The van der Waals surface area contributed by atoms with Crippen LogP contribution in [0.4, 0.5) is 0 Å². The number of carbonyl (C=O) groups is 1. The molecule has 2 aromatic carbocycles. The second-order valence-electron chi connectivity index (χ2n) is 3.68. The summed E-state index contributed by atoms with van der Waals surface area (Å²) in [6, 6.07) is 17.3. The maximum atomic E-state index is 11.8. The van der Waals surface area contributed by atoms with Gasteiger partial charge in [0.2, 0.25) is 0 Å². The second kappa shape index (κ2) is 5.82. The molecule has 0 saturated carbocycles. The van der Waals surface area contributed by atoms with Crippen LogP contribution in [-0.2, 0) is 6.54 Å². The third-order valence-corrected chi connectivity index (χ3v) is 3.05. The van der Waals surface area contributed by atoms with Crippen LogP contribution in [-0.4, -0.2) is 5.91 Å². The van der Waals surface area contributed by atoms with Gasteiger partial charge in [0, 0.05) is 15.7 Å². The fraction of sp³-hybridized carbons (Fsp3) is 0.0714. The number of carbonyl (C=O) groups excluding carboxylic acids is 1. The molecule has 2 nitrogen and oxygen atoms in total. The van der Waals surface area contributed by atoms with Crippen LogP contribution in [0, 0.1) is 3.57 Å². The molecule has 0 heterocycles. The molecule has 0 radical (unpaired) electrons. The molecule has 86 valence electrons. The number of benzene rings is 2. The van der Waals surface area contributed by atoms with Crippen LogP contribution >= 0.6 is 22.6 Å². The van der Waals surface area contributed by atoms with E-state index < -0.39 is 0 Å². The lowest BCUT2D eigenvalue weighted by Crippen LogP contribution is -2.22. The molecule has 0 saturated heterocycles. The van der Waals surface area contributed by atoms with Crippen molar-refractivity contribution in [1.82, 2.24) is 5.32 Å². The van der Waals surface area contributed by atoms with Crippen LogP contribution < -0.4 is 5.32 Å². The summed E-state index contributed by atoms with van der Waals surface area (Å²) in [6.45, 7) is 0.560. The van der Waals surface area contributed by atoms with E-state index in [1.165, 1.54) is 3.57 Å². The van der Waals surface area contributed by atoms with E-state index in [2.05, 4.69) is 34.0 Å². The number of amides is 1. The molecule has 2 rings (SSSR count). The number of hydrogen-bond acceptors (Lipinski definition) is 1. The van der Waals surface area contributed by atoms with Gasteiger partial charge in [-0.25, -0.2) is 0 Å². The summed E-state index contributed by atoms with van der Waals surface area (Å²) in [7, 11) is 0. The highest BCUT2D eigenvalue weighted by Crippen LogP contribution is 2.07. The molecule has 17 heavy (non-hydrogen) atoms. The van der Waals surface area contributed by atoms with Gasteiger partial charge < -0.3 is 5.32 Å². The van der Waals surface area contributed by atoms with Crippen LogP contribution in [0.3, 0.4) is 0 Å². The smallest absolute Gasteiger partial charge is 0.251 e. The highest BCUT2D eigenvalue weighted by atomic mass is 127. The van der Waals surface area contributed by atoms with Gasteiger partial charge in [-0.15, -0.1) is 0 Å². The molecule has 0 aliphatic carbocycles. The maximum Gasteiger partial charge on any atom is 0.251 e. The lowest BCUT2D eigenvalue weighted by atomic mass is 10.2. The van der Waals surface area contributed by atoms with E-state index in [0.717, 1.165) is 5.56 Å². The minimum atomic E-state index is -0.0375. The molecule has 0 bridgehead atoms. The molecule has 0 atom stereocenters. The topological polar surface area (TPSA) is 29.1 Å². The van der Waals surface area contributed by atoms with Crippen LogP contribution in [0.2, 0.25) is 0 Å². The van der Waals surface area contributed by atoms with E-state index in [4.69, 9.17) is 0 Å². The number of nitrogens with one attached hydrogen (secondary N) is 1. The van der Waals surface area contributed by atoms with E-state index in [9.17, 15) is 4.79 Å². The molecule has 2 aromatic rings. The summed E-state index contributed by atoms with van der Waals surface area (Å²) >= 11 is 2.26. The van der Waals surface area contributed by atoms with Gasteiger partial charge in [0.05, 0.1) is 0 Å². The first-order valence-electron chi connectivity index (χ1n) is 5.33. The van der Waals surface area contributed by atoms with Crippen molar-refractivity contribution < 1.29 is 4.79 Å². The quantitative estimate of drug-likeness (QED) is 0.856. The first kappa shape index (κ1) is 12.1. The summed E-state index contributed by atoms with van der Waals surface area (Å²) in [5, 5.41) is 2.90. The summed E-state index contributed by atoms with van der Waals surface area (Å²) < 4.78 is 1.18. The van der Waals surface area contributed by atoms with E-state index in [1.54, 1.807) is 0 Å². The molecule has 0 unspecified atom stereocenters. The van der Waals surface area contributed by atoms with Gasteiger partial charge in [0.1, 0.15) is 0 Å². The van der Waals surface area contributed by atoms with Gasteiger partial charge in [-0.2, -0.15) is 0 Å². The molecule has 0 aliphatic rings. The average molecular weight is 337 g/mol. The van der Waals surface area contributed by atoms with Gasteiger partial charge in [0.25, 0.3) is 5.91 Å². The Labute approximate surface area is 114 Å². The lowest BCUT2D eigenvalue weighted by Gasteiger charge is -2.05. The fourth-order valence-electron chi connectivity index (χ4n) is 1.52. The van der Waals surface area contributed by atoms with E-state index in [1.807, 2.05) is 48.5 Å². The van der Waals surface area contributed by atoms with Gasteiger partial charge in [-0.1, -0.05) is 30.3 Å². The van der Waals surface area contributed by atoms with Crippen molar-refractivity contribution in [2.24, 2.45) is 0 Å². The van der Waals surface area contributed by atoms with Crippen LogP contribution in [0.1, 0.15) is 15.9 Å². The summed E-state index contributed by atoms with van der Waals surface area (Å²) in [5.41, 5.74) is 1.80. The summed E-state index contributed by atoms with van der Waals surface area (Å²) in [6.07, 6.45) is 0. The fourth-order valence-corrected chi connectivity index (χ4v) is 2.13. The molecular formula is C14H12INO. The number of hydrogen-bond donors (Lipinski definition) is 1. The van der Waals surface area contributed by atoms with E-state index >= 15 is 0 Å². The Morgan fingerprint density at radius 1 is 1.06 bits per heavy atom. The Kier molecular flexibility index (Phi) is 4.14. The minimum absolute atomic E-state index is 0.0375. The minimum Gasteiger partial charge on any atom is -0.348 e. The average Bonchev–Trinajstić information content (AvgIpc) is 2.37. The van der Waals surface area contributed by atoms with Crippen LogP contribution in [0.25, 0.3) is 0 Å². The monoisotopic (exact) mass is 337 g/mol. The first-order chi connectivity index (χ1) is 8.25. The SMILES string of the molecule is O=C(NCc1cccc(I)c1)c1ccccc1. The standard InChI is InChI=1S/C14H12INO/c15-13-8-4-5-11(9-13)10-16-14(17)12-6-2-1-3-7-12/h1-9H,10H2,(H,16,17). The zero-order chi connectivity index (χ0) is 12.1. The highest BCUT2D eigenvalue weighted by molar-refractivity contribution is 14.1.